The SMILES string of the molecule is CC(C)(C)OC(=O)N1CCC2=C(COCc3ccc(=O)[nH]c32)C1. The molecule has 0 radical (unpaired) electrons. The molecule has 1 amide bonds. The normalized spacial score (nSPS) is 18.1. The van der Waals surface area contributed by atoms with Gasteiger partial charge in [-0.1, -0.05) is 0 Å². The molecule has 2 aliphatic heterocycles. The number of pyridine rings is 1. The van der Waals surface area contributed by atoms with Crippen molar-refractivity contribution in [1.29, 1.82) is 0 Å². The second kappa shape index (κ2) is 5.85. The van der Waals surface area contributed by atoms with Gasteiger partial charge in [-0.2, -0.15) is 0 Å². The standard InChI is InChI=1S/C17H22N2O4/c1-17(2,3)23-16(21)19-7-6-13-12(8-19)10-22-9-11-4-5-14(20)18-15(11)13/h4-5H,6-10H2,1-3H3,(H,18,20). The van der Waals surface area contributed by atoms with Crippen LogP contribution >= 0.6 is 0 Å². The first-order chi connectivity index (χ1) is 10.8. The predicted molar refractivity (Wildman–Crippen MR) is 86.1 cm³/mol. The monoisotopic (exact) mass is 318 g/mol. The third-order valence-electron chi connectivity index (χ3n) is 3.93. The number of nitrogens with zero attached hydrogens (tertiary/aromatic N) is 1. The Morgan fingerprint density at radius 1 is 1.30 bits per heavy atom. The number of fused-ring (bicyclic) bond motifs is 2. The topological polar surface area (TPSA) is 71.6 Å². The van der Waals surface area contributed by atoms with Crippen LogP contribution in [0.2, 0.25) is 0 Å². The van der Waals surface area contributed by atoms with Crippen LogP contribution in [0.5, 0.6) is 0 Å². The summed E-state index contributed by atoms with van der Waals surface area (Å²) in [5, 5.41) is 0. The van der Waals surface area contributed by atoms with Gasteiger partial charge in [0.05, 0.1) is 13.2 Å². The van der Waals surface area contributed by atoms with Crippen LogP contribution < -0.4 is 5.56 Å². The molecule has 0 bridgehead atoms. The number of amides is 1. The fourth-order valence-corrected chi connectivity index (χ4v) is 2.92. The summed E-state index contributed by atoms with van der Waals surface area (Å²) in [4.78, 5) is 28.5. The highest BCUT2D eigenvalue weighted by molar-refractivity contribution is 5.75. The summed E-state index contributed by atoms with van der Waals surface area (Å²) >= 11 is 0. The molecule has 1 aromatic rings. The zero-order valence-electron chi connectivity index (χ0n) is 13.8. The van der Waals surface area contributed by atoms with Crippen molar-refractivity contribution >= 4 is 11.7 Å². The fourth-order valence-electron chi connectivity index (χ4n) is 2.92. The van der Waals surface area contributed by atoms with Crippen molar-refractivity contribution in [2.45, 2.75) is 39.4 Å². The van der Waals surface area contributed by atoms with Crippen molar-refractivity contribution in [1.82, 2.24) is 9.88 Å². The van der Waals surface area contributed by atoms with Gasteiger partial charge in [-0.15, -0.1) is 0 Å². The summed E-state index contributed by atoms with van der Waals surface area (Å²) in [5.74, 6) is 0. The van der Waals surface area contributed by atoms with E-state index in [1.165, 1.54) is 6.07 Å². The van der Waals surface area contributed by atoms with Crippen molar-refractivity contribution in [2.24, 2.45) is 0 Å². The molecule has 0 aromatic carbocycles. The lowest BCUT2D eigenvalue weighted by Gasteiger charge is -2.32. The third-order valence-corrected chi connectivity index (χ3v) is 3.93. The van der Waals surface area contributed by atoms with Crippen molar-refractivity contribution in [3.63, 3.8) is 0 Å². The van der Waals surface area contributed by atoms with E-state index in [1.807, 2.05) is 26.8 Å². The maximum atomic E-state index is 12.3. The highest BCUT2D eigenvalue weighted by Gasteiger charge is 2.29. The molecule has 6 heteroatoms. The zero-order chi connectivity index (χ0) is 16.6. The first-order valence-corrected chi connectivity index (χ1v) is 7.82. The van der Waals surface area contributed by atoms with Gasteiger partial charge in [-0.05, 0) is 44.4 Å². The van der Waals surface area contributed by atoms with Gasteiger partial charge < -0.3 is 19.4 Å². The summed E-state index contributed by atoms with van der Waals surface area (Å²) in [7, 11) is 0. The van der Waals surface area contributed by atoms with Crippen molar-refractivity contribution in [3.8, 4) is 0 Å². The zero-order valence-corrected chi connectivity index (χ0v) is 13.8. The van der Waals surface area contributed by atoms with Crippen LogP contribution in [-0.2, 0) is 16.1 Å². The lowest BCUT2D eigenvalue weighted by molar-refractivity contribution is 0.0255. The molecule has 0 atom stereocenters. The van der Waals surface area contributed by atoms with Gasteiger partial charge in [0.1, 0.15) is 5.60 Å². The Morgan fingerprint density at radius 2 is 2.09 bits per heavy atom. The Bertz CT molecular complexity index is 712. The van der Waals surface area contributed by atoms with Gasteiger partial charge in [0.15, 0.2) is 0 Å². The summed E-state index contributed by atoms with van der Waals surface area (Å²) in [6.07, 6.45) is 0.375. The molecule has 0 spiro atoms. The number of carbonyl (C=O) groups is 1. The van der Waals surface area contributed by atoms with E-state index in [1.54, 1.807) is 4.90 Å². The molecular formula is C17H22N2O4. The molecule has 0 aliphatic carbocycles. The highest BCUT2D eigenvalue weighted by Crippen LogP contribution is 2.31. The van der Waals surface area contributed by atoms with Gasteiger partial charge in [0, 0.05) is 30.4 Å². The minimum atomic E-state index is -0.510. The Hall–Kier alpha value is -2.08. The number of H-pyrrole nitrogens is 1. The second-order valence-electron chi connectivity index (χ2n) is 6.95. The number of hydrogen-bond donors (Lipinski definition) is 1. The van der Waals surface area contributed by atoms with Crippen LogP contribution in [0, 0.1) is 0 Å². The van der Waals surface area contributed by atoms with Gasteiger partial charge in [0.2, 0.25) is 5.56 Å². The number of hydrogen-bond acceptors (Lipinski definition) is 4. The van der Waals surface area contributed by atoms with E-state index < -0.39 is 5.60 Å². The van der Waals surface area contributed by atoms with Crippen LogP contribution in [0.4, 0.5) is 4.79 Å². The number of rotatable bonds is 0. The molecule has 2 aliphatic rings. The van der Waals surface area contributed by atoms with Gasteiger partial charge in [0.25, 0.3) is 0 Å². The van der Waals surface area contributed by atoms with Crippen LogP contribution in [0.15, 0.2) is 22.5 Å². The second-order valence-corrected chi connectivity index (χ2v) is 6.95. The molecule has 0 unspecified atom stereocenters. The van der Waals surface area contributed by atoms with E-state index in [2.05, 4.69) is 4.98 Å². The minimum Gasteiger partial charge on any atom is -0.444 e. The van der Waals surface area contributed by atoms with Crippen LogP contribution in [-0.4, -0.2) is 41.3 Å². The molecule has 0 fully saturated rings. The first kappa shape index (κ1) is 15.8. The fraction of sp³-hybridized carbons (Fsp3) is 0.529. The number of carbonyl (C=O) groups excluding carboxylic acids is 1. The molecule has 6 nitrogen and oxygen atoms in total. The predicted octanol–water partition coefficient (Wildman–Crippen LogP) is 2.30. The third kappa shape index (κ3) is 3.47. The molecule has 1 aromatic heterocycles. The van der Waals surface area contributed by atoms with E-state index in [9.17, 15) is 9.59 Å². The summed E-state index contributed by atoms with van der Waals surface area (Å²) in [6, 6.07) is 3.33. The molecule has 1 N–H and O–H groups in total. The highest BCUT2D eigenvalue weighted by atomic mass is 16.6. The first-order valence-electron chi connectivity index (χ1n) is 7.82. The average molecular weight is 318 g/mol. The van der Waals surface area contributed by atoms with Gasteiger partial charge in [-0.25, -0.2) is 4.79 Å². The van der Waals surface area contributed by atoms with Gasteiger partial charge in [-0.3, -0.25) is 4.79 Å². The number of aromatic amines is 1. The van der Waals surface area contributed by atoms with Gasteiger partial charge >= 0.3 is 6.09 Å². The summed E-state index contributed by atoms with van der Waals surface area (Å²) < 4.78 is 11.1. The smallest absolute Gasteiger partial charge is 0.410 e. The maximum Gasteiger partial charge on any atom is 0.410 e. The van der Waals surface area contributed by atoms with Crippen LogP contribution in [0.3, 0.4) is 0 Å². The van der Waals surface area contributed by atoms with E-state index in [0.717, 1.165) is 22.4 Å². The quantitative estimate of drug-likeness (QED) is 0.797. The van der Waals surface area contributed by atoms with E-state index >= 15 is 0 Å². The molecule has 3 rings (SSSR count). The van der Waals surface area contributed by atoms with Crippen molar-refractivity contribution < 1.29 is 14.3 Å². The number of aromatic nitrogens is 1. The molecular weight excluding hydrogens is 296 g/mol. The molecule has 0 saturated carbocycles. The van der Waals surface area contributed by atoms with Crippen LogP contribution in [0.1, 0.15) is 38.4 Å². The van der Waals surface area contributed by atoms with Crippen LogP contribution in [0.25, 0.3) is 5.57 Å². The summed E-state index contributed by atoms with van der Waals surface area (Å²) in [6.45, 7) is 7.54. The Balaban J connectivity index is 1.87. The lowest BCUT2D eigenvalue weighted by Crippen LogP contribution is -2.41. The largest absolute Gasteiger partial charge is 0.444 e. The summed E-state index contributed by atoms with van der Waals surface area (Å²) in [5.41, 5.74) is 3.34. The van der Waals surface area contributed by atoms with Crippen molar-refractivity contribution in [2.75, 3.05) is 19.7 Å². The van der Waals surface area contributed by atoms with E-state index in [-0.39, 0.29) is 11.7 Å². The number of ether oxygens (including phenoxy) is 2. The Morgan fingerprint density at radius 3 is 2.83 bits per heavy atom. The van der Waals surface area contributed by atoms with E-state index in [0.29, 0.717) is 32.7 Å². The molecule has 124 valence electrons. The lowest BCUT2D eigenvalue weighted by atomic mass is 9.95. The Labute approximate surface area is 135 Å². The maximum absolute atomic E-state index is 12.3. The molecule has 3 heterocycles. The van der Waals surface area contributed by atoms with E-state index in [4.69, 9.17) is 9.47 Å². The number of nitrogens with one attached hydrogen (secondary N) is 1. The molecule has 23 heavy (non-hydrogen) atoms. The average Bonchev–Trinajstić information content (AvgIpc) is 2.64. The van der Waals surface area contributed by atoms with Crippen molar-refractivity contribution in [3.05, 3.63) is 39.3 Å². The molecule has 0 saturated heterocycles. The Kier molecular flexibility index (Phi) is 4.02. The minimum absolute atomic E-state index is 0.118.